The molecule has 2 heterocycles. The summed E-state index contributed by atoms with van der Waals surface area (Å²) in [6.45, 7) is 3.91. The maximum Gasteiger partial charge on any atom is 0.127 e. The molecule has 2 aromatic carbocycles. The van der Waals surface area contributed by atoms with Crippen LogP contribution in [0.15, 0.2) is 54.1 Å². The van der Waals surface area contributed by atoms with Gasteiger partial charge in [0.05, 0.1) is 7.11 Å². The first kappa shape index (κ1) is 20.0. The molecule has 0 radical (unpaired) electrons. The zero-order chi connectivity index (χ0) is 20.1. The van der Waals surface area contributed by atoms with Gasteiger partial charge in [-0.1, -0.05) is 30.3 Å². The second-order valence-electron chi connectivity index (χ2n) is 8.41. The number of aryl methyl sites for hydroxylation is 1. The molecule has 4 heteroatoms. The van der Waals surface area contributed by atoms with Crippen LogP contribution in [0.5, 0.6) is 11.5 Å². The van der Waals surface area contributed by atoms with Gasteiger partial charge in [-0.05, 0) is 79.6 Å². The molecule has 0 atom stereocenters. The number of methoxy groups -OCH3 is 1. The van der Waals surface area contributed by atoms with Crippen molar-refractivity contribution in [3.63, 3.8) is 0 Å². The molecule has 0 spiro atoms. The monoisotopic (exact) mass is 393 g/mol. The van der Waals surface area contributed by atoms with E-state index < -0.39 is 0 Å². The molecule has 1 saturated heterocycles. The zero-order valence-corrected chi connectivity index (χ0v) is 17.3. The highest BCUT2D eigenvalue weighted by Crippen LogP contribution is 2.36. The molecule has 2 aliphatic heterocycles. The lowest BCUT2D eigenvalue weighted by atomic mass is 9.75. The Balaban J connectivity index is 1.33. The molecule has 0 aliphatic carbocycles. The van der Waals surface area contributed by atoms with E-state index in [1.54, 1.807) is 7.11 Å². The highest BCUT2D eigenvalue weighted by atomic mass is 16.5. The number of piperidine rings is 1. The van der Waals surface area contributed by atoms with E-state index in [0.717, 1.165) is 62.4 Å². The Labute approximate surface area is 173 Å². The summed E-state index contributed by atoms with van der Waals surface area (Å²) in [5.41, 5.74) is 3.81. The van der Waals surface area contributed by atoms with E-state index in [1.807, 2.05) is 18.2 Å². The zero-order valence-electron chi connectivity index (χ0n) is 17.3. The molecule has 4 nitrogen and oxygen atoms in total. The summed E-state index contributed by atoms with van der Waals surface area (Å²) in [7, 11) is 1.69. The van der Waals surface area contributed by atoms with Gasteiger partial charge in [0.2, 0.25) is 0 Å². The normalized spacial score (nSPS) is 18.5. The average molecular weight is 394 g/mol. The van der Waals surface area contributed by atoms with Crippen molar-refractivity contribution in [1.82, 2.24) is 4.90 Å². The van der Waals surface area contributed by atoms with Crippen LogP contribution in [0.1, 0.15) is 30.4 Å². The Morgan fingerprint density at radius 3 is 2.62 bits per heavy atom. The van der Waals surface area contributed by atoms with Crippen LogP contribution < -0.4 is 9.47 Å². The molecule has 2 aliphatic rings. The first-order valence-corrected chi connectivity index (χ1v) is 10.6. The minimum Gasteiger partial charge on any atom is -0.497 e. The largest absolute Gasteiger partial charge is 0.497 e. The van der Waals surface area contributed by atoms with Crippen LogP contribution >= 0.6 is 0 Å². The van der Waals surface area contributed by atoms with Gasteiger partial charge in [-0.2, -0.15) is 0 Å². The fraction of sp³-hybridized carbons (Fsp3) is 0.440. The SMILES string of the molecule is COc1ccc2c(c1)C=C(CN1CCC(CO)(CCc3ccccc3)CC1)CO2. The quantitative estimate of drug-likeness (QED) is 0.766. The van der Waals surface area contributed by atoms with Crippen LogP contribution in [-0.2, 0) is 6.42 Å². The molecule has 0 aromatic heterocycles. The lowest BCUT2D eigenvalue weighted by Gasteiger charge is -2.41. The molecule has 1 N–H and O–H groups in total. The Morgan fingerprint density at radius 1 is 1.10 bits per heavy atom. The minimum absolute atomic E-state index is 0.0593. The second kappa shape index (κ2) is 9.02. The highest BCUT2D eigenvalue weighted by molar-refractivity contribution is 5.64. The predicted octanol–water partition coefficient (Wildman–Crippen LogP) is 4.18. The Hall–Kier alpha value is -2.30. The number of aliphatic hydroxyl groups excluding tert-OH is 1. The maximum absolute atomic E-state index is 10.1. The van der Waals surface area contributed by atoms with Gasteiger partial charge in [0.1, 0.15) is 18.1 Å². The van der Waals surface area contributed by atoms with E-state index in [2.05, 4.69) is 41.3 Å². The number of fused-ring (bicyclic) bond motifs is 1. The summed E-state index contributed by atoms with van der Waals surface area (Å²) in [4.78, 5) is 2.50. The number of aliphatic hydroxyl groups is 1. The lowest BCUT2D eigenvalue weighted by Crippen LogP contribution is -2.43. The third kappa shape index (κ3) is 4.82. The molecule has 154 valence electrons. The van der Waals surface area contributed by atoms with Gasteiger partial charge in [-0.3, -0.25) is 4.90 Å². The molecular weight excluding hydrogens is 362 g/mol. The number of nitrogens with zero attached hydrogens (tertiary/aromatic N) is 1. The van der Waals surface area contributed by atoms with E-state index in [1.165, 1.54) is 11.1 Å². The summed E-state index contributed by atoms with van der Waals surface area (Å²) >= 11 is 0. The molecule has 0 bridgehead atoms. The van der Waals surface area contributed by atoms with Crippen LogP contribution in [0.2, 0.25) is 0 Å². The minimum atomic E-state index is 0.0593. The number of rotatable bonds is 7. The van der Waals surface area contributed by atoms with Gasteiger partial charge in [0.25, 0.3) is 0 Å². The number of hydrogen-bond acceptors (Lipinski definition) is 4. The number of ether oxygens (including phenoxy) is 2. The molecule has 2 aromatic rings. The molecule has 1 fully saturated rings. The van der Waals surface area contributed by atoms with Crippen molar-refractivity contribution in [1.29, 1.82) is 0 Å². The molecule has 4 rings (SSSR count). The standard InChI is InChI=1S/C25H31NO3/c1-28-23-7-8-24-22(16-23)15-21(18-29-24)17-26-13-11-25(19-27,12-14-26)10-9-20-5-3-2-4-6-20/h2-8,15-16,27H,9-14,17-19H2,1H3. The van der Waals surface area contributed by atoms with E-state index in [-0.39, 0.29) is 12.0 Å². The first-order chi connectivity index (χ1) is 14.2. The van der Waals surface area contributed by atoms with Crippen molar-refractivity contribution >= 4 is 6.08 Å². The van der Waals surface area contributed by atoms with E-state index >= 15 is 0 Å². The van der Waals surface area contributed by atoms with Gasteiger partial charge in [-0.25, -0.2) is 0 Å². The molecule has 0 saturated carbocycles. The lowest BCUT2D eigenvalue weighted by molar-refractivity contribution is 0.0399. The Morgan fingerprint density at radius 2 is 1.90 bits per heavy atom. The van der Waals surface area contributed by atoms with Crippen LogP contribution in [0.25, 0.3) is 6.08 Å². The summed E-state index contributed by atoms with van der Waals surface area (Å²) < 4.78 is 11.3. The summed E-state index contributed by atoms with van der Waals surface area (Å²) in [6.07, 6.45) is 6.44. The van der Waals surface area contributed by atoms with Gasteiger partial charge >= 0.3 is 0 Å². The maximum atomic E-state index is 10.1. The Bertz CT molecular complexity index is 838. The summed E-state index contributed by atoms with van der Waals surface area (Å²) in [5, 5.41) is 10.1. The van der Waals surface area contributed by atoms with Crippen molar-refractivity contribution in [3.05, 3.63) is 65.2 Å². The topological polar surface area (TPSA) is 41.9 Å². The van der Waals surface area contributed by atoms with E-state index in [9.17, 15) is 5.11 Å². The predicted molar refractivity (Wildman–Crippen MR) is 116 cm³/mol. The van der Waals surface area contributed by atoms with Crippen molar-refractivity contribution < 1.29 is 14.6 Å². The number of benzene rings is 2. The molecule has 0 unspecified atom stereocenters. The van der Waals surface area contributed by atoms with Crippen molar-refractivity contribution in [2.45, 2.75) is 25.7 Å². The summed E-state index contributed by atoms with van der Waals surface area (Å²) in [5.74, 6) is 1.78. The number of hydrogen-bond donors (Lipinski definition) is 1. The fourth-order valence-electron chi connectivity index (χ4n) is 4.44. The number of likely N-dealkylation sites (tertiary alicyclic amines) is 1. The fourth-order valence-corrected chi connectivity index (χ4v) is 4.44. The third-order valence-electron chi connectivity index (χ3n) is 6.46. The Kier molecular flexibility index (Phi) is 6.22. The average Bonchev–Trinajstić information content (AvgIpc) is 2.79. The van der Waals surface area contributed by atoms with E-state index in [0.29, 0.717) is 6.61 Å². The van der Waals surface area contributed by atoms with Crippen LogP contribution in [0.3, 0.4) is 0 Å². The van der Waals surface area contributed by atoms with Gasteiger partial charge in [0, 0.05) is 18.7 Å². The van der Waals surface area contributed by atoms with Gasteiger partial charge in [-0.15, -0.1) is 0 Å². The smallest absolute Gasteiger partial charge is 0.127 e. The van der Waals surface area contributed by atoms with Crippen LogP contribution in [-0.4, -0.2) is 50.0 Å². The van der Waals surface area contributed by atoms with Crippen molar-refractivity contribution in [2.24, 2.45) is 5.41 Å². The highest BCUT2D eigenvalue weighted by Gasteiger charge is 2.34. The van der Waals surface area contributed by atoms with Gasteiger partial charge in [0.15, 0.2) is 0 Å². The van der Waals surface area contributed by atoms with E-state index in [4.69, 9.17) is 9.47 Å². The molecule has 29 heavy (non-hydrogen) atoms. The molecular formula is C25H31NO3. The first-order valence-electron chi connectivity index (χ1n) is 10.6. The van der Waals surface area contributed by atoms with Crippen molar-refractivity contribution in [2.75, 3.05) is 40.0 Å². The van der Waals surface area contributed by atoms with Crippen LogP contribution in [0, 0.1) is 5.41 Å². The second-order valence-corrected chi connectivity index (χ2v) is 8.41. The summed E-state index contributed by atoms with van der Waals surface area (Å²) in [6, 6.07) is 16.6. The van der Waals surface area contributed by atoms with Crippen LogP contribution in [0.4, 0.5) is 0 Å². The van der Waals surface area contributed by atoms with Crippen molar-refractivity contribution in [3.8, 4) is 11.5 Å². The van der Waals surface area contributed by atoms with Gasteiger partial charge < -0.3 is 14.6 Å². The molecule has 0 amide bonds. The third-order valence-corrected chi connectivity index (χ3v) is 6.46.